The Morgan fingerprint density at radius 3 is 2.76 bits per heavy atom. The zero-order valence-electron chi connectivity index (χ0n) is 12.3. The number of hydrogen-bond acceptors (Lipinski definition) is 3. The van der Waals surface area contributed by atoms with Crippen molar-refractivity contribution in [2.45, 2.75) is 37.5 Å². The van der Waals surface area contributed by atoms with Crippen LogP contribution >= 0.6 is 0 Å². The Morgan fingerprint density at radius 1 is 1.33 bits per heavy atom. The lowest BCUT2D eigenvalue weighted by Crippen LogP contribution is -2.32. The summed E-state index contributed by atoms with van der Waals surface area (Å²) in [5, 5.41) is 5.11. The molecule has 5 nitrogen and oxygen atoms in total. The van der Waals surface area contributed by atoms with Gasteiger partial charge in [0.05, 0.1) is 4.90 Å². The second kappa shape index (κ2) is 6.58. The van der Waals surface area contributed by atoms with E-state index in [4.69, 9.17) is 5.14 Å². The predicted molar refractivity (Wildman–Crippen MR) is 81.4 cm³/mol. The number of amides is 1. The van der Waals surface area contributed by atoms with Crippen LogP contribution in [0.3, 0.4) is 0 Å². The minimum atomic E-state index is -3.78. The Kier molecular flexibility index (Phi) is 5.00. The van der Waals surface area contributed by atoms with Gasteiger partial charge in [-0.15, -0.1) is 0 Å². The zero-order valence-corrected chi connectivity index (χ0v) is 13.1. The second-order valence-corrected chi connectivity index (χ2v) is 7.13. The molecule has 21 heavy (non-hydrogen) atoms. The number of benzene rings is 1. The van der Waals surface area contributed by atoms with Gasteiger partial charge in [0.1, 0.15) is 0 Å². The monoisotopic (exact) mass is 310 g/mol. The lowest BCUT2D eigenvalue weighted by molar-refractivity contribution is 0.0759. The van der Waals surface area contributed by atoms with Gasteiger partial charge < -0.3 is 4.90 Å². The van der Waals surface area contributed by atoms with Crippen LogP contribution < -0.4 is 5.14 Å². The van der Waals surface area contributed by atoms with Crippen LogP contribution in [0.25, 0.3) is 0 Å². The standard InChI is InChI=1S/C15H22N2O3S/c1-2-12-5-4-9-17(10-8-12)15(18)13-6-3-7-14(11-13)21(16,19)20/h3,6-7,11-12H,2,4-5,8-10H2,1H3,(H2,16,19,20). The average molecular weight is 310 g/mol. The van der Waals surface area contributed by atoms with E-state index < -0.39 is 10.0 Å². The van der Waals surface area contributed by atoms with Crippen LogP contribution in [-0.2, 0) is 10.0 Å². The summed E-state index contributed by atoms with van der Waals surface area (Å²) in [5.41, 5.74) is 0.386. The second-order valence-electron chi connectivity index (χ2n) is 5.57. The highest BCUT2D eigenvalue weighted by atomic mass is 32.2. The fraction of sp³-hybridized carbons (Fsp3) is 0.533. The first-order chi connectivity index (χ1) is 9.91. The summed E-state index contributed by atoms with van der Waals surface area (Å²) in [6, 6.07) is 5.96. The molecule has 1 aromatic carbocycles. The smallest absolute Gasteiger partial charge is 0.253 e. The maximum Gasteiger partial charge on any atom is 0.253 e. The van der Waals surface area contributed by atoms with Crippen LogP contribution in [0.1, 0.15) is 43.0 Å². The number of sulfonamides is 1. The first-order valence-corrected chi connectivity index (χ1v) is 8.88. The molecule has 0 radical (unpaired) electrons. The van der Waals surface area contributed by atoms with E-state index in [1.165, 1.54) is 12.1 Å². The van der Waals surface area contributed by atoms with Gasteiger partial charge in [-0.05, 0) is 43.4 Å². The van der Waals surface area contributed by atoms with Crippen molar-refractivity contribution in [3.63, 3.8) is 0 Å². The third-order valence-corrected chi connectivity index (χ3v) is 5.03. The van der Waals surface area contributed by atoms with E-state index in [0.717, 1.165) is 38.8 Å². The highest BCUT2D eigenvalue weighted by Crippen LogP contribution is 2.22. The van der Waals surface area contributed by atoms with E-state index in [1.807, 2.05) is 4.90 Å². The molecule has 2 N–H and O–H groups in total. The topological polar surface area (TPSA) is 80.5 Å². The van der Waals surface area contributed by atoms with Crippen molar-refractivity contribution in [3.8, 4) is 0 Å². The molecule has 0 bridgehead atoms. The number of rotatable bonds is 3. The molecule has 1 saturated heterocycles. The third kappa shape index (κ3) is 4.04. The Bertz CT molecular complexity index is 613. The van der Waals surface area contributed by atoms with Crippen LogP contribution in [0.15, 0.2) is 29.2 Å². The molecule has 116 valence electrons. The van der Waals surface area contributed by atoms with E-state index in [9.17, 15) is 13.2 Å². The maximum absolute atomic E-state index is 12.5. The lowest BCUT2D eigenvalue weighted by Gasteiger charge is -2.21. The minimum Gasteiger partial charge on any atom is -0.339 e. The first kappa shape index (κ1) is 16.0. The van der Waals surface area contributed by atoms with Gasteiger partial charge in [0.25, 0.3) is 5.91 Å². The molecular weight excluding hydrogens is 288 g/mol. The number of carbonyl (C=O) groups is 1. The van der Waals surface area contributed by atoms with Crippen molar-refractivity contribution in [2.75, 3.05) is 13.1 Å². The molecule has 0 aromatic heterocycles. The number of likely N-dealkylation sites (tertiary alicyclic amines) is 1. The van der Waals surface area contributed by atoms with Crippen LogP contribution in [-0.4, -0.2) is 32.3 Å². The van der Waals surface area contributed by atoms with Crippen molar-refractivity contribution < 1.29 is 13.2 Å². The summed E-state index contributed by atoms with van der Waals surface area (Å²) in [5.74, 6) is 0.566. The van der Waals surface area contributed by atoms with Gasteiger partial charge in [0.2, 0.25) is 10.0 Å². The maximum atomic E-state index is 12.5. The molecular formula is C15H22N2O3S. The normalized spacial score (nSPS) is 20.1. The average Bonchev–Trinajstić information content (AvgIpc) is 2.71. The largest absolute Gasteiger partial charge is 0.339 e. The Morgan fingerprint density at radius 2 is 2.10 bits per heavy atom. The van der Waals surface area contributed by atoms with Crippen molar-refractivity contribution in [3.05, 3.63) is 29.8 Å². The molecule has 2 rings (SSSR count). The minimum absolute atomic E-state index is 0.0189. The third-order valence-electron chi connectivity index (χ3n) is 4.12. The van der Waals surface area contributed by atoms with Crippen molar-refractivity contribution in [2.24, 2.45) is 11.1 Å². The van der Waals surface area contributed by atoms with Gasteiger partial charge in [-0.2, -0.15) is 0 Å². The number of nitrogens with zero attached hydrogens (tertiary/aromatic N) is 1. The number of nitrogens with two attached hydrogens (primary N) is 1. The van der Waals surface area contributed by atoms with E-state index >= 15 is 0 Å². The summed E-state index contributed by atoms with van der Waals surface area (Å²) in [4.78, 5) is 14.3. The fourth-order valence-corrected chi connectivity index (χ4v) is 3.32. The molecule has 1 aliphatic rings. The van der Waals surface area contributed by atoms with Crippen molar-refractivity contribution in [1.82, 2.24) is 4.90 Å². The Balaban J connectivity index is 2.16. The van der Waals surface area contributed by atoms with Crippen LogP contribution in [0, 0.1) is 5.92 Å². The summed E-state index contributed by atoms with van der Waals surface area (Å²) < 4.78 is 22.7. The van der Waals surface area contributed by atoms with Gasteiger partial charge >= 0.3 is 0 Å². The van der Waals surface area contributed by atoms with Gasteiger partial charge in [0.15, 0.2) is 0 Å². The van der Waals surface area contributed by atoms with Crippen molar-refractivity contribution >= 4 is 15.9 Å². The number of primary sulfonamides is 1. The molecule has 0 saturated carbocycles. The fourth-order valence-electron chi connectivity index (χ4n) is 2.77. The lowest BCUT2D eigenvalue weighted by atomic mass is 9.98. The van der Waals surface area contributed by atoms with Crippen LogP contribution in [0.4, 0.5) is 0 Å². The van der Waals surface area contributed by atoms with Gasteiger partial charge in [-0.25, -0.2) is 13.6 Å². The molecule has 0 spiro atoms. The highest BCUT2D eigenvalue weighted by Gasteiger charge is 2.21. The summed E-state index contributed by atoms with van der Waals surface area (Å²) in [6.45, 7) is 3.64. The molecule has 1 atom stereocenters. The van der Waals surface area contributed by atoms with E-state index in [2.05, 4.69) is 6.92 Å². The number of hydrogen-bond donors (Lipinski definition) is 1. The first-order valence-electron chi connectivity index (χ1n) is 7.34. The molecule has 1 unspecified atom stereocenters. The highest BCUT2D eigenvalue weighted by molar-refractivity contribution is 7.89. The molecule has 1 amide bonds. The quantitative estimate of drug-likeness (QED) is 0.927. The molecule has 1 fully saturated rings. The van der Waals surface area contributed by atoms with Crippen LogP contribution in [0.2, 0.25) is 0 Å². The summed E-state index contributed by atoms with van der Waals surface area (Å²) >= 11 is 0. The Hall–Kier alpha value is -1.40. The van der Waals surface area contributed by atoms with Gasteiger partial charge in [0, 0.05) is 18.7 Å². The van der Waals surface area contributed by atoms with Crippen molar-refractivity contribution in [1.29, 1.82) is 0 Å². The van der Waals surface area contributed by atoms with E-state index in [0.29, 0.717) is 11.5 Å². The number of carbonyl (C=O) groups excluding carboxylic acids is 1. The SMILES string of the molecule is CCC1CCCN(C(=O)c2cccc(S(N)(=O)=O)c2)CC1. The Labute approximate surface area is 126 Å². The van der Waals surface area contributed by atoms with E-state index in [1.54, 1.807) is 12.1 Å². The van der Waals surface area contributed by atoms with Gasteiger partial charge in [-0.1, -0.05) is 19.4 Å². The summed E-state index contributed by atoms with van der Waals surface area (Å²) in [6.07, 6.45) is 4.30. The molecule has 1 aliphatic heterocycles. The molecule has 1 heterocycles. The summed E-state index contributed by atoms with van der Waals surface area (Å²) in [7, 11) is -3.78. The van der Waals surface area contributed by atoms with Gasteiger partial charge in [-0.3, -0.25) is 4.79 Å². The van der Waals surface area contributed by atoms with Crippen LogP contribution in [0.5, 0.6) is 0 Å². The van der Waals surface area contributed by atoms with E-state index in [-0.39, 0.29) is 10.8 Å². The molecule has 1 aromatic rings. The molecule has 6 heteroatoms. The zero-order chi connectivity index (χ0) is 15.5. The molecule has 0 aliphatic carbocycles. The predicted octanol–water partition coefficient (Wildman–Crippen LogP) is 1.99.